The second kappa shape index (κ2) is 8.27. The number of likely N-dealkylation sites (N-methyl/N-ethyl adjacent to an activating group) is 1. The molecule has 0 fully saturated rings. The Kier molecular flexibility index (Phi) is 5.83. The highest BCUT2D eigenvalue weighted by Gasteiger charge is 2.18. The summed E-state index contributed by atoms with van der Waals surface area (Å²) in [6.45, 7) is 5.39. The van der Waals surface area contributed by atoms with Crippen molar-refractivity contribution in [3.05, 3.63) is 48.0 Å². The number of methoxy groups -OCH3 is 1. The number of ether oxygens (including phenoxy) is 3. The minimum Gasteiger partial charge on any atom is -0.497 e. The highest BCUT2D eigenvalue weighted by Crippen LogP contribution is 2.34. The van der Waals surface area contributed by atoms with Crippen LogP contribution in [0.15, 0.2) is 42.5 Å². The number of rotatable bonds is 6. The maximum atomic E-state index is 5.64. The fourth-order valence-corrected chi connectivity index (χ4v) is 3.46. The van der Waals surface area contributed by atoms with E-state index in [0.29, 0.717) is 5.11 Å². The van der Waals surface area contributed by atoms with Gasteiger partial charge in [-0.3, -0.25) is 0 Å². The summed E-state index contributed by atoms with van der Waals surface area (Å²) in [4.78, 5) is 2.18. The van der Waals surface area contributed by atoms with Crippen molar-refractivity contribution in [2.45, 2.75) is 26.3 Å². The van der Waals surface area contributed by atoms with E-state index >= 15 is 0 Å². The fraction of sp³-hybridized carbons (Fsp3) is 0.350. The van der Waals surface area contributed by atoms with Gasteiger partial charge in [-0.25, -0.2) is 0 Å². The van der Waals surface area contributed by atoms with E-state index in [-0.39, 0.29) is 12.8 Å². The van der Waals surface area contributed by atoms with Gasteiger partial charge in [0.15, 0.2) is 16.6 Å². The van der Waals surface area contributed by atoms with Crippen LogP contribution in [0.5, 0.6) is 17.2 Å². The van der Waals surface area contributed by atoms with Gasteiger partial charge in [-0.1, -0.05) is 12.1 Å². The molecule has 26 heavy (non-hydrogen) atoms. The summed E-state index contributed by atoms with van der Waals surface area (Å²) in [5.74, 6) is 2.38. The molecule has 2 aromatic carbocycles. The number of thiocarbonyl (C=S) groups is 1. The molecule has 0 amide bonds. The van der Waals surface area contributed by atoms with Gasteiger partial charge in [0.1, 0.15) is 5.75 Å². The number of benzene rings is 2. The van der Waals surface area contributed by atoms with Crippen LogP contribution in [0, 0.1) is 0 Å². The van der Waals surface area contributed by atoms with Crippen LogP contribution >= 0.6 is 12.2 Å². The molecule has 0 saturated carbocycles. The second-order valence-electron chi connectivity index (χ2n) is 6.19. The van der Waals surface area contributed by atoms with Gasteiger partial charge in [-0.15, -0.1) is 0 Å². The van der Waals surface area contributed by atoms with Gasteiger partial charge < -0.3 is 24.4 Å². The standard InChI is InChI=1S/C20H24N2O3S/c1-4-22(14(2)11-15-5-8-17(23-3)9-6-15)20(26)21-16-7-10-18-19(12-16)25-13-24-18/h5-10,12,14H,4,11,13H2,1-3H3,(H,21,26). The van der Waals surface area contributed by atoms with Crippen LogP contribution in [0.2, 0.25) is 0 Å². The van der Waals surface area contributed by atoms with Crippen LogP contribution in [-0.4, -0.2) is 36.5 Å². The third-order valence-electron chi connectivity index (χ3n) is 4.45. The molecule has 138 valence electrons. The number of nitrogens with one attached hydrogen (secondary N) is 1. The minimum atomic E-state index is 0.266. The Hall–Kier alpha value is -2.47. The summed E-state index contributed by atoms with van der Waals surface area (Å²) < 4.78 is 16.0. The number of anilines is 1. The third kappa shape index (κ3) is 4.19. The van der Waals surface area contributed by atoms with E-state index < -0.39 is 0 Å². The maximum Gasteiger partial charge on any atom is 0.231 e. The van der Waals surface area contributed by atoms with Crippen molar-refractivity contribution >= 4 is 23.0 Å². The lowest BCUT2D eigenvalue weighted by molar-refractivity contribution is 0.174. The highest BCUT2D eigenvalue weighted by molar-refractivity contribution is 7.80. The first kappa shape index (κ1) is 18.3. The van der Waals surface area contributed by atoms with Crippen LogP contribution in [0.25, 0.3) is 0 Å². The van der Waals surface area contributed by atoms with E-state index in [1.807, 2.05) is 30.3 Å². The molecule has 1 atom stereocenters. The molecule has 0 spiro atoms. The van der Waals surface area contributed by atoms with Crippen molar-refractivity contribution < 1.29 is 14.2 Å². The maximum absolute atomic E-state index is 5.64. The molecule has 0 bridgehead atoms. The van der Waals surface area contributed by atoms with E-state index in [2.05, 4.69) is 36.2 Å². The molecular formula is C20H24N2O3S. The lowest BCUT2D eigenvalue weighted by atomic mass is 10.1. The molecule has 1 unspecified atom stereocenters. The van der Waals surface area contributed by atoms with Crippen molar-refractivity contribution in [3.63, 3.8) is 0 Å². The van der Waals surface area contributed by atoms with Gasteiger partial charge in [-0.2, -0.15) is 0 Å². The summed E-state index contributed by atoms with van der Waals surface area (Å²) in [6.07, 6.45) is 0.904. The molecule has 3 rings (SSSR count). The summed E-state index contributed by atoms with van der Waals surface area (Å²) in [6, 6.07) is 14.2. The van der Waals surface area contributed by atoms with E-state index in [0.717, 1.165) is 35.9 Å². The monoisotopic (exact) mass is 372 g/mol. The normalized spacial score (nSPS) is 13.2. The minimum absolute atomic E-state index is 0.266. The number of fused-ring (bicyclic) bond motifs is 1. The van der Waals surface area contributed by atoms with Crippen molar-refractivity contribution in [2.24, 2.45) is 0 Å². The van der Waals surface area contributed by atoms with Crippen LogP contribution in [-0.2, 0) is 6.42 Å². The van der Waals surface area contributed by atoms with Gasteiger partial charge in [0.2, 0.25) is 6.79 Å². The molecule has 6 heteroatoms. The van der Waals surface area contributed by atoms with Gasteiger partial charge in [0.05, 0.1) is 7.11 Å². The number of nitrogens with zero attached hydrogens (tertiary/aromatic N) is 1. The summed E-state index contributed by atoms with van der Waals surface area (Å²) in [5.41, 5.74) is 2.15. The molecule has 0 aliphatic carbocycles. The Morgan fingerprint density at radius 3 is 2.62 bits per heavy atom. The van der Waals surface area contributed by atoms with E-state index in [9.17, 15) is 0 Å². The number of hydrogen-bond donors (Lipinski definition) is 1. The average molecular weight is 372 g/mol. The van der Waals surface area contributed by atoms with Crippen molar-refractivity contribution in [2.75, 3.05) is 25.8 Å². The molecule has 0 radical (unpaired) electrons. The predicted molar refractivity (Wildman–Crippen MR) is 107 cm³/mol. The molecule has 1 N–H and O–H groups in total. The smallest absolute Gasteiger partial charge is 0.231 e. The Morgan fingerprint density at radius 2 is 1.92 bits per heavy atom. The Morgan fingerprint density at radius 1 is 1.19 bits per heavy atom. The molecule has 1 heterocycles. The zero-order valence-electron chi connectivity index (χ0n) is 15.3. The van der Waals surface area contributed by atoms with Crippen LogP contribution in [0.1, 0.15) is 19.4 Å². The van der Waals surface area contributed by atoms with Crippen molar-refractivity contribution in [1.29, 1.82) is 0 Å². The van der Waals surface area contributed by atoms with Gasteiger partial charge in [-0.05, 0) is 62.3 Å². The average Bonchev–Trinajstić information content (AvgIpc) is 3.10. The van der Waals surface area contributed by atoms with E-state index in [1.165, 1.54) is 5.56 Å². The summed E-state index contributed by atoms with van der Waals surface area (Å²) >= 11 is 5.64. The first-order chi connectivity index (χ1) is 12.6. The van der Waals surface area contributed by atoms with Gasteiger partial charge >= 0.3 is 0 Å². The van der Waals surface area contributed by atoms with Crippen LogP contribution in [0.4, 0.5) is 5.69 Å². The Labute approximate surface area is 159 Å². The Balaban J connectivity index is 1.63. The Bertz CT molecular complexity index is 764. The van der Waals surface area contributed by atoms with Crippen LogP contribution in [0.3, 0.4) is 0 Å². The predicted octanol–water partition coefficient (Wildman–Crippen LogP) is 4.07. The largest absolute Gasteiger partial charge is 0.497 e. The quantitative estimate of drug-likeness (QED) is 0.771. The topological polar surface area (TPSA) is 43.0 Å². The SMILES string of the molecule is CCN(C(=S)Nc1ccc2c(c1)OCO2)C(C)Cc1ccc(OC)cc1. The van der Waals surface area contributed by atoms with Gasteiger partial charge in [0, 0.05) is 24.3 Å². The molecule has 1 aliphatic heterocycles. The second-order valence-corrected chi connectivity index (χ2v) is 6.57. The van der Waals surface area contributed by atoms with E-state index in [1.54, 1.807) is 7.11 Å². The fourth-order valence-electron chi connectivity index (χ4n) is 3.04. The first-order valence-corrected chi connectivity index (χ1v) is 9.11. The molecule has 0 saturated heterocycles. The zero-order chi connectivity index (χ0) is 18.5. The summed E-state index contributed by atoms with van der Waals surface area (Å²) in [5, 5.41) is 4.01. The molecular weight excluding hydrogens is 348 g/mol. The van der Waals surface area contributed by atoms with Gasteiger partial charge in [0.25, 0.3) is 0 Å². The van der Waals surface area contributed by atoms with Crippen molar-refractivity contribution in [1.82, 2.24) is 4.90 Å². The van der Waals surface area contributed by atoms with Crippen LogP contribution < -0.4 is 19.5 Å². The molecule has 0 aromatic heterocycles. The lowest BCUT2D eigenvalue weighted by Gasteiger charge is -2.31. The zero-order valence-corrected chi connectivity index (χ0v) is 16.1. The number of hydrogen-bond acceptors (Lipinski definition) is 4. The van der Waals surface area contributed by atoms with E-state index in [4.69, 9.17) is 26.4 Å². The molecule has 2 aromatic rings. The molecule has 5 nitrogen and oxygen atoms in total. The summed E-state index contributed by atoms with van der Waals surface area (Å²) in [7, 11) is 1.68. The van der Waals surface area contributed by atoms with Crippen molar-refractivity contribution in [3.8, 4) is 17.2 Å². The molecule has 1 aliphatic rings. The third-order valence-corrected chi connectivity index (χ3v) is 4.78. The first-order valence-electron chi connectivity index (χ1n) is 8.71. The lowest BCUT2D eigenvalue weighted by Crippen LogP contribution is -2.42. The highest BCUT2D eigenvalue weighted by atomic mass is 32.1.